The minimum Gasteiger partial charge on any atom is -0.379 e. The van der Waals surface area contributed by atoms with Gasteiger partial charge >= 0.3 is 5.69 Å². The largest absolute Gasteiger partial charge is 0.379 e. The summed E-state index contributed by atoms with van der Waals surface area (Å²) in [7, 11) is 3.06. The van der Waals surface area contributed by atoms with Gasteiger partial charge in [0.1, 0.15) is 6.04 Å². The molecule has 0 radical (unpaired) electrons. The van der Waals surface area contributed by atoms with Gasteiger partial charge in [-0.25, -0.2) is 4.79 Å². The van der Waals surface area contributed by atoms with Gasteiger partial charge < -0.3 is 19.5 Å². The zero-order valence-electron chi connectivity index (χ0n) is 20.1. The van der Waals surface area contributed by atoms with E-state index in [2.05, 4.69) is 15.2 Å². The fourth-order valence-electron chi connectivity index (χ4n) is 4.88. The molecule has 11 nitrogen and oxygen atoms in total. The van der Waals surface area contributed by atoms with E-state index in [0.717, 1.165) is 49.4 Å². The van der Waals surface area contributed by atoms with Crippen LogP contribution in [0.2, 0.25) is 0 Å². The van der Waals surface area contributed by atoms with Gasteiger partial charge in [0.15, 0.2) is 11.2 Å². The SMILES string of the molecule is Cn1c(=O)c2c(nc3n2CC(C(=O)NCCCN2CCOCC2)N3Cc2ccccc2)n(C)c1=O. The molecule has 0 spiro atoms. The first-order valence-electron chi connectivity index (χ1n) is 12.0. The van der Waals surface area contributed by atoms with Gasteiger partial charge in [-0.3, -0.25) is 23.6 Å². The summed E-state index contributed by atoms with van der Waals surface area (Å²) in [5.74, 6) is 0.429. The lowest BCUT2D eigenvalue weighted by atomic mass is 10.2. The molecular formula is C24H31N7O4. The fourth-order valence-corrected chi connectivity index (χ4v) is 4.88. The standard InChI is InChI=1S/C24H31N7O4/c1-27-20-19(22(33)28(2)24(27)34)31-16-18(21(32)25-9-6-10-29-11-13-35-14-12-29)30(23(31)26-20)15-17-7-4-3-5-8-17/h3-5,7-8,18H,6,9-16H2,1-2H3,(H,25,32). The van der Waals surface area contributed by atoms with Crippen molar-refractivity contribution in [2.75, 3.05) is 44.3 Å². The van der Waals surface area contributed by atoms with Crippen LogP contribution in [-0.4, -0.2) is 74.9 Å². The number of carbonyl (C=O) groups excluding carboxylic acids is 1. The molecule has 1 N–H and O–H groups in total. The smallest absolute Gasteiger partial charge is 0.332 e. The Morgan fingerprint density at radius 3 is 2.60 bits per heavy atom. The molecule has 1 unspecified atom stereocenters. The average molecular weight is 482 g/mol. The van der Waals surface area contributed by atoms with Crippen molar-refractivity contribution in [3.63, 3.8) is 0 Å². The maximum atomic E-state index is 13.3. The van der Waals surface area contributed by atoms with Gasteiger partial charge in [-0.2, -0.15) is 4.98 Å². The van der Waals surface area contributed by atoms with Crippen molar-refractivity contribution in [3.05, 3.63) is 56.7 Å². The second-order valence-electron chi connectivity index (χ2n) is 9.13. The van der Waals surface area contributed by atoms with E-state index in [4.69, 9.17) is 4.74 Å². The van der Waals surface area contributed by atoms with E-state index in [1.807, 2.05) is 35.2 Å². The number of carbonyl (C=O) groups is 1. The van der Waals surface area contributed by atoms with Crippen molar-refractivity contribution >= 4 is 23.0 Å². The molecule has 35 heavy (non-hydrogen) atoms. The Kier molecular flexibility index (Phi) is 6.44. The Hall–Kier alpha value is -3.44. The number of morpholine rings is 1. The highest BCUT2D eigenvalue weighted by Gasteiger charge is 2.38. The quantitative estimate of drug-likeness (QED) is 0.460. The summed E-state index contributed by atoms with van der Waals surface area (Å²) >= 11 is 0. The Balaban J connectivity index is 1.39. The fraction of sp³-hybridized carbons (Fsp3) is 0.500. The van der Waals surface area contributed by atoms with Crippen LogP contribution in [0.25, 0.3) is 11.2 Å². The van der Waals surface area contributed by atoms with Gasteiger partial charge in [0, 0.05) is 40.3 Å². The van der Waals surface area contributed by atoms with Gasteiger partial charge in [-0.15, -0.1) is 0 Å². The number of ether oxygens (including phenoxy) is 1. The second-order valence-corrected chi connectivity index (χ2v) is 9.13. The summed E-state index contributed by atoms with van der Waals surface area (Å²) in [5, 5.41) is 3.08. The van der Waals surface area contributed by atoms with Crippen LogP contribution in [0.5, 0.6) is 0 Å². The number of imidazole rings is 1. The predicted molar refractivity (Wildman–Crippen MR) is 132 cm³/mol. The third kappa shape index (κ3) is 4.37. The molecule has 1 saturated heterocycles. The van der Waals surface area contributed by atoms with Gasteiger partial charge in [-0.05, 0) is 18.5 Å². The normalized spacial score (nSPS) is 18.2. The summed E-state index contributed by atoms with van der Waals surface area (Å²) in [6.45, 7) is 5.61. The zero-order valence-corrected chi connectivity index (χ0v) is 20.1. The van der Waals surface area contributed by atoms with Gasteiger partial charge in [0.05, 0.1) is 19.8 Å². The van der Waals surface area contributed by atoms with Crippen LogP contribution in [0.15, 0.2) is 39.9 Å². The zero-order chi connectivity index (χ0) is 24.5. The summed E-state index contributed by atoms with van der Waals surface area (Å²) in [6.07, 6.45) is 0.854. The molecule has 186 valence electrons. The van der Waals surface area contributed by atoms with Crippen molar-refractivity contribution in [1.29, 1.82) is 0 Å². The van der Waals surface area contributed by atoms with E-state index in [0.29, 0.717) is 36.7 Å². The molecule has 0 aliphatic carbocycles. The van der Waals surface area contributed by atoms with Crippen LogP contribution >= 0.6 is 0 Å². The molecule has 2 aliphatic heterocycles. The minimum atomic E-state index is -0.507. The Morgan fingerprint density at radius 1 is 1.11 bits per heavy atom. The molecule has 3 aromatic rings. The van der Waals surface area contributed by atoms with Crippen LogP contribution in [0.1, 0.15) is 12.0 Å². The Bertz CT molecular complexity index is 1340. The number of amides is 1. The molecule has 0 bridgehead atoms. The molecule has 1 aromatic carbocycles. The molecule has 4 heterocycles. The number of hydrogen-bond donors (Lipinski definition) is 1. The molecule has 1 atom stereocenters. The second kappa shape index (κ2) is 9.67. The highest BCUT2D eigenvalue weighted by atomic mass is 16.5. The summed E-state index contributed by atoms with van der Waals surface area (Å²) < 4.78 is 9.62. The van der Waals surface area contributed by atoms with Gasteiger partial charge in [-0.1, -0.05) is 30.3 Å². The van der Waals surface area contributed by atoms with Crippen molar-refractivity contribution in [2.24, 2.45) is 14.1 Å². The first-order valence-corrected chi connectivity index (χ1v) is 12.0. The van der Waals surface area contributed by atoms with Crippen molar-refractivity contribution in [2.45, 2.75) is 25.6 Å². The van der Waals surface area contributed by atoms with E-state index in [9.17, 15) is 14.4 Å². The van der Waals surface area contributed by atoms with Gasteiger partial charge in [0.25, 0.3) is 5.56 Å². The monoisotopic (exact) mass is 481 g/mol. The molecule has 2 aliphatic rings. The third-order valence-corrected chi connectivity index (χ3v) is 6.87. The molecule has 1 fully saturated rings. The van der Waals surface area contributed by atoms with Crippen LogP contribution in [0.4, 0.5) is 5.95 Å². The minimum absolute atomic E-state index is 0.0943. The van der Waals surface area contributed by atoms with E-state index >= 15 is 0 Å². The number of aromatic nitrogens is 4. The number of aryl methyl sites for hydroxylation is 1. The number of benzene rings is 1. The lowest BCUT2D eigenvalue weighted by Gasteiger charge is -2.27. The summed E-state index contributed by atoms with van der Waals surface area (Å²) in [5.41, 5.74) is 0.859. The average Bonchev–Trinajstić information content (AvgIpc) is 3.42. The Labute approximate surface area is 202 Å². The maximum absolute atomic E-state index is 13.3. The lowest BCUT2D eigenvalue weighted by molar-refractivity contribution is -0.122. The Morgan fingerprint density at radius 2 is 1.86 bits per heavy atom. The van der Waals surface area contributed by atoms with Crippen LogP contribution in [0, 0.1) is 0 Å². The van der Waals surface area contributed by atoms with Crippen molar-refractivity contribution in [3.8, 4) is 0 Å². The molecule has 1 amide bonds. The highest BCUT2D eigenvalue weighted by molar-refractivity contribution is 5.87. The lowest BCUT2D eigenvalue weighted by Crippen LogP contribution is -2.46. The summed E-state index contributed by atoms with van der Waals surface area (Å²) in [6, 6.07) is 9.34. The van der Waals surface area contributed by atoms with E-state index < -0.39 is 17.3 Å². The van der Waals surface area contributed by atoms with E-state index in [1.165, 1.54) is 11.6 Å². The molecule has 5 rings (SSSR count). The van der Waals surface area contributed by atoms with E-state index in [1.54, 1.807) is 11.6 Å². The van der Waals surface area contributed by atoms with Crippen molar-refractivity contribution in [1.82, 2.24) is 28.9 Å². The number of nitrogens with one attached hydrogen (secondary N) is 1. The molecule has 11 heteroatoms. The van der Waals surface area contributed by atoms with E-state index in [-0.39, 0.29) is 5.91 Å². The number of hydrogen-bond acceptors (Lipinski definition) is 7. The number of anilines is 1. The van der Waals surface area contributed by atoms with Crippen LogP contribution < -0.4 is 21.5 Å². The highest BCUT2D eigenvalue weighted by Crippen LogP contribution is 2.30. The number of nitrogens with zero attached hydrogens (tertiary/aromatic N) is 6. The molecule has 0 saturated carbocycles. The molecule has 2 aromatic heterocycles. The number of fused-ring (bicyclic) bond motifs is 3. The molecular weight excluding hydrogens is 450 g/mol. The third-order valence-electron chi connectivity index (χ3n) is 6.87. The first-order chi connectivity index (χ1) is 17.0. The predicted octanol–water partition coefficient (Wildman–Crippen LogP) is -0.339. The van der Waals surface area contributed by atoms with Gasteiger partial charge in [0.2, 0.25) is 11.9 Å². The number of rotatable bonds is 7. The maximum Gasteiger partial charge on any atom is 0.332 e. The first kappa shape index (κ1) is 23.3. The van der Waals surface area contributed by atoms with Crippen LogP contribution in [-0.2, 0) is 36.7 Å². The summed E-state index contributed by atoms with van der Waals surface area (Å²) in [4.78, 5) is 47.6. The van der Waals surface area contributed by atoms with Crippen molar-refractivity contribution < 1.29 is 9.53 Å². The topological polar surface area (TPSA) is 107 Å². The van der Waals surface area contributed by atoms with Crippen LogP contribution in [0.3, 0.4) is 0 Å².